The summed E-state index contributed by atoms with van der Waals surface area (Å²) in [6.07, 6.45) is 0. The van der Waals surface area contributed by atoms with E-state index in [2.05, 4.69) is 5.32 Å². The van der Waals surface area contributed by atoms with Crippen molar-refractivity contribution in [1.29, 1.82) is 0 Å². The molecule has 29 heavy (non-hydrogen) atoms. The minimum Gasteiger partial charge on any atom is -0.497 e. The lowest BCUT2D eigenvalue weighted by atomic mass is 10.1. The number of hydrogen-bond donors (Lipinski definition) is 1. The second-order valence-corrected chi connectivity index (χ2v) is 6.91. The molecule has 7 heteroatoms. The quantitative estimate of drug-likeness (QED) is 0.836. The molecule has 152 valence electrons. The molecule has 0 bridgehead atoms. The van der Waals surface area contributed by atoms with Crippen LogP contribution in [0.4, 0.5) is 0 Å². The zero-order valence-corrected chi connectivity index (χ0v) is 16.6. The molecule has 0 aromatic heterocycles. The van der Waals surface area contributed by atoms with Crippen molar-refractivity contribution in [3.8, 4) is 5.75 Å². The highest BCUT2D eigenvalue weighted by Gasteiger charge is 2.35. The highest BCUT2D eigenvalue weighted by atomic mass is 16.5. The van der Waals surface area contributed by atoms with E-state index in [1.807, 2.05) is 30.3 Å². The fourth-order valence-electron chi connectivity index (χ4n) is 3.39. The predicted molar refractivity (Wildman–Crippen MR) is 108 cm³/mol. The van der Waals surface area contributed by atoms with Gasteiger partial charge in [-0.25, -0.2) is 0 Å². The first-order chi connectivity index (χ1) is 14.0. The Morgan fingerprint density at radius 2 is 1.72 bits per heavy atom. The van der Waals surface area contributed by atoms with Crippen LogP contribution in [0.15, 0.2) is 54.6 Å². The van der Waals surface area contributed by atoms with Crippen molar-refractivity contribution in [2.45, 2.75) is 19.5 Å². The minimum atomic E-state index is -0.716. The van der Waals surface area contributed by atoms with Crippen LogP contribution in [-0.2, 0) is 16.1 Å². The molecule has 1 saturated heterocycles. The number of nitrogens with one attached hydrogen (secondary N) is 1. The van der Waals surface area contributed by atoms with Crippen molar-refractivity contribution in [3.63, 3.8) is 0 Å². The minimum absolute atomic E-state index is 0.158. The molecule has 0 spiro atoms. The van der Waals surface area contributed by atoms with Crippen LogP contribution in [0.2, 0.25) is 0 Å². The van der Waals surface area contributed by atoms with Gasteiger partial charge in [-0.1, -0.05) is 30.3 Å². The molecule has 3 rings (SSSR count). The van der Waals surface area contributed by atoms with E-state index in [1.165, 1.54) is 11.8 Å². The number of carbonyl (C=O) groups is 3. The van der Waals surface area contributed by atoms with Crippen molar-refractivity contribution < 1.29 is 19.1 Å². The third kappa shape index (κ3) is 4.93. The average molecular weight is 395 g/mol. The normalized spacial score (nSPS) is 16.3. The standard InChI is InChI=1S/C22H25N3O4/c1-16(26)25-13-12-24(22(28)18-8-10-19(29-2)11-9-18)15-20(25)21(27)23-14-17-6-4-3-5-7-17/h3-11,20H,12-15H2,1-2H3,(H,23,27). The third-order valence-electron chi connectivity index (χ3n) is 5.02. The van der Waals surface area contributed by atoms with E-state index < -0.39 is 6.04 Å². The van der Waals surface area contributed by atoms with Crippen molar-refractivity contribution in [1.82, 2.24) is 15.1 Å². The lowest BCUT2D eigenvalue weighted by Crippen LogP contribution is -2.61. The molecule has 1 heterocycles. The van der Waals surface area contributed by atoms with Gasteiger partial charge in [-0.2, -0.15) is 0 Å². The van der Waals surface area contributed by atoms with Gasteiger partial charge in [0.05, 0.1) is 13.7 Å². The fourth-order valence-corrected chi connectivity index (χ4v) is 3.39. The Morgan fingerprint density at radius 3 is 2.34 bits per heavy atom. The van der Waals surface area contributed by atoms with Crippen LogP contribution in [0, 0.1) is 0 Å². The summed E-state index contributed by atoms with van der Waals surface area (Å²) < 4.78 is 5.12. The molecule has 2 aromatic carbocycles. The van der Waals surface area contributed by atoms with Crippen molar-refractivity contribution >= 4 is 17.7 Å². The van der Waals surface area contributed by atoms with Crippen LogP contribution in [0.25, 0.3) is 0 Å². The van der Waals surface area contributed by atoms with E-state index in [0.29, 0.717) is 30.9 Å². The number of piperazine rings is 1. The monoisotopic (exact) mass is 395 g/mol. The molecule has 1 unspecified atom stereocenters. The maximum atomic E-state index is 12.9. The highest BCUT2D eigenvalue weighted by molar-refractivity contribution is 5.95. The Balaban J connectivity index is 1.70. The van der Waals surface area contributed by atoms with Crippen molar-refractivity contribution in [2.24, 2.45) is 0 Å². The summed E-state index contributed by atoms with van der Waals surface area (Å²) in [5.74, 6) is 0.0514. The lowest BCUT2D eigenvalue weighted by molar-refractivity contribution is -0.141. The number of carbonyl (C=O) groups excluding carboxylic acids is 3. The van der Waals surface area contributed by atoms with E-state index in [4.69, 9.17) is 4.74 Å². The van der Waals surface area contributed by atoms with Gasteiger partial charge in [-0.3, -0.25) is 14.4 Å². The molecule has 7 nitrogen and oxygen atoms in total. The molecular weight excluding hydrogens is 370 g/mol. The molecule has 1 fully saturated rings. The number of ether oxygens (including phenoxy) is 1. The van der Waals surface area contributed by atoms with Crippen LogP contribution in [0.3, 0.4) is 0 Å². The number of rotatable bonds is 5. The summed E-state index contributed by atoms with van der Waals surface area (Å²) in [5.41, 5.74) is 1.49. The molecule has 3 amide bonds. The van der Waals surface area contributed by atoms with Crippen molar-refractivity contribution in [3.05, 3.63) is 65.7 Å². The SMILES string of the molecule is COc1ccc(C(=O)N2CCN(C(C)=O)C(C(=O)NCc3ccccc3)C2)cc1. The first-order valence-corrected chi connectivity index (χ1v) is 9.51. The highest BCUT2D eigenvalue weighted by Crippen LogP contribution is 2.17. The number of amides is 3. The second kappa shape index (κ2) is 9.23. The van der Waals surface area contributed by atoms with Gasteiger partial charge in [0.25, 0.3) is 5.91 Å². The zero-order chi connectivity index (χ0) is 20.8. The molecular formula is C22H25N3O4. The fraction of sp³-hybridized carbons (Fsp3) is 0.318. The first kappa shape index (κ1) is 20.4. The molecule has 1 atom stereocenters. The number of hydrogen-bond acceptors (Lipinski definition) is 4. The van der Waals surface area contributed by atoms with Crippen LogP contribution in [0.5, 0.6) is 5.75 Å². The van der Waals surface area contributed by atoms with Crippen LogP contribution >= 0.6 is 0 Å². The lowest BCUT2D eigenvalue weighted by Gasteiger charge is -2.40. The molecule has 0 radical (unpaired) electrons. The number of benzene rings is 2. The maximum absolute atomic E-state index is 12.9. The Morgan fingerprint density at radius 1 is 1.03 bits per heavy atom. The average Bonchev–Trinajstić information content (AvgIpc) is 2.77. The smallest absolute Gasteiger partial charge is 0.254 e. The second-order valence-electron chi connectivity index (χ2n) is 6.91. The van der Waals surface area contributed by atoms with Crippen LogP contribution in [0.1, 0.15) is 22.8 Å². The Labute approximate surface area is 170 Å². The maximum Gasteiger partial charge on any atom is 0.254 e. The number of nitrogens with zero attached hydrogens (tertiary/aromatic N) is 2. The largest absolute Gasteiger partial charge is 0.497 e. The zero-order valence-electron chi connectivity index (χ0n) is 16.6. The van der Waals surface area contributed by atoms with E-state index in [9.17, 15) is 14.4 Å². The van der Waals surface area contributed by atoms with E-state index in [-0.39, 0.29) is 24.3 Å². The Hall–Kier alpha value is -3.35. The van der Waals surface area contributed by atoms with E-state index in [1.54, 1.807) is 36.3 Å². The summed E-state index contributed by atoms with van der Waals surface area (Å²) in [7, 11) is 1.57. The van der Waals surface area contributed by atoms with Gasteiger partial charge in [0.15, 0.2) is 0 Å². The van der Waals surface area contributed by atoms with Gasteiger partial charge in [0.2, 0.25) is 11.8 Å². The van der Waals surface area contributed by atoms with E-state index >= 15 is 0 Å². The molecule has 0 aliphatic carbocycles. The molecule has 1 aliphatic heterocycles. The van der Waals surface area contributed by atoms with Gasteiger partial charge in [0, 0.05) is 32.1 Å². The van der Waals surface area contributed by atoms with E-state index in [0.717, 1.165) is 5.56 Å². The molecule has 1 aliphatic rings. The summed E-state index contributed by atoms with van der Waals surface area (Å²) in [6.45, 7) is 2.67. The summed E-state index contributed by atoms with van der Waals surface area (Å²) in [4.78, 5) is 40.9. The molecule has 1 N–H and O–H groups in total. The Kier molecular flexibility index (Phi) is 6.49. The van der Waals surface area contributed by atoms with Gasteiger partial charge in [0.1, 0.15) is 11.8 Å². The molecule has 0 saturated carbocycles. The predicted octanol–water partition coefficient (Wildman–Crippen LogP) is 1.68. The molecule has 2 aromatic rings. The van der Waals surface area contributed by atoms with Crippen LogP contribution in [-0.4, -0.2) is 60.3 Å². The van der Waals surface area contributed by atoms with Gasteiger partial charge >= 0.3 is 0 Å². The Bertz CT molecular complexity index is 867. The number of methoxy groups -OCH3 is 1. The van der Waals surface area contributed by atoms with Gasteiger partial charge < -0.3 is 19.9 Å². The van der Waals surface area contributed by atoms with Crippen molar-refractivity contribution in [2.75, 3.05) is 26.7 Å². The topological polar surface area (TPSA) is 79.0 Å². The summed E-state index contributed by atoms with van der Waals surface area (Å²) in [5, 5.41) is 2.88. The summed E-state index contributed by atoms with van der Waals surface area (Å²) in [6, 6.07) is 15.7. The third-order valence-corrected chi connectivity index (χ3v) is 5.02. The van der Waals surface area contributed by atoms with Crippen LogP contribution < -0.4 is 10.1 Å². The van der Waals surface area contributed by atoms with Gasteiger partial charge in [-0.05, 0) is 29.8 Å². The summed E-state index contributed by atoms with van der Waals surface area (Å²) >= 11 is 0. The van der Waals surface area contributed by atoms with Gasteiger partial charge in [-0.15, -0.1) is 0 Å². The first-order valence-electron chi connectivity index (χ1n) is 9.51.